The predicted molar refractivity (Wildman–Crippen MR) is 68.7 cm³/mol. The van der Waals surface area contributed by atoms with Gasteiger partial charge in [0.2, 0.25) is 5.52 Å². The molecule has 18 heavy (non-hydrogen) atoms. The van der Waals surface area contributed by atoms with Gasteiger partial charge in [-0.05, 0) is 23.6 Å². The minimum Gasteiger partial charge on any atom is -1.00 e. The van der Waals surface area contributed by atoms with Crippen LogP contribution < -0.4 is 21.5 Å². The van der Waals surface area contributed by atoms with Crippen molar-refractivity contribution in [3.05, 3.63) is 54.7 Å². The number of aromatic nitrogens is 1. The van der Waals surface area contributed by atoms with Crippen molar-refractivity contribution >= 4 is 21.7 Å². The van der Waals surface area contributed by atoms with Gasteiger partial charge in [-0.25, -0.2) is 0 Å². The molecule has 1 aromatic heterocycles. The van der Waals surface area contributed by atoms with Crippen LogP contribution in [0.2, 0.25) is 0 Å². The van der Waals surface area contributed by atoms with Gasteiger partial charge in [-0.15, -0.1) is 0 Å². The van der Waals surface area contributed by atoms with Crippen molar-refractivity contribution in [1.29, 1.82) is 0 Å². The number of hydrogen-bond donors (Lipinski definition) is 1. The van der Waals surface area contributed by atoms with Crippen molar-refractivity contribution in [3.8, 4) is 0 Å². The molecule has 0 aliphatic rings. The fourth-order valence-electron chi connectivity index (χ4n) is 2.35. The van der Waals surface area contributed by atoms with Crippen LogP contribution in [0.25, 0.3) is 21.7 Å². The van der Waals surface area contributed by atoms with Gasteiger partial charge in [0, 0.05) is 11.5 Å². The summed E-state index contributed by atoms with van der Waals surface area (Å²) in [6.45, 7) is 0.790. The Balaban J connectivity index is 0.00000120. The van der Waals surface area contributed by atoms with Gasteiger partial charge in [0.15, 0.2) is 12.7 Å². The van der Waals surface area contributed by atoms with Gasteiger partial charge in [-0.2, -0.15) is 4.57 Å². The lowest BCUT2D eigenvalue weighted by Gasteiger charge is -2.03. The summed E-state index contributed by atoms with van der Waals surface area (Å²) in [6, 6.07) is 16.7. The molecular formula is C15H14BrNO. The quantitative estimate of drug-likeness (QED) is 0.490. The van der Waals surface area contributed by atoms with E-state index in [0.717, 1.165) is 0 Å². The molecular weight excluding hydrogens is 290 g/mol. The second-order valence-electron chi connectivity index (χ2n) is 4.15. The highest BCUT2D eigenvalue weighted by Gasteiger charge is 2.11. The highest BCUT2D eigenvalue weighted by Crippen LogP contribution is 2.21. The van der Waals surface area contributed by atoms with Crippen LogP contribution in [0.15, 0.2) is 54.7 Å². The average Bonchev–Trinajstić information content (AvgIpc) is 2.39. The summed E-state index contributed by atoms with van der Waals surface area (Å²) in [5.74, 6) is 0. The lowest BCUT2D eigenvalue weighted by Crippen LogP contribution is -3.00. The third-order valence-electron chi connectivity index (χ3n) is 3.10. The standard InChI is InChI=1S/C15H14NO.BrH/c17-11-10-16-9-3-5-13-8-7-12-4-1-2-6-14(12)15(13)16;/h1-9,17H,10-11H2;1H/q+1;/p-1. The molecule has 3 heteroatoms. The van der Waals surface area contributed by atoms with Crippen LogP contribution in [-0.2, 0) is 6.54 Å². The van der Waals surface area contributed by atoms with Crippen LogP contribution in [0.5, 0.6) is 0 Å². The Kier molecular flexibility index (Phi) is 3.94. The minimum atomic E-state index is 0. The number of pyridine rings is 1. The number of rotatable bonds is 2. The van der Waals surface area contributed by atoms with Gasteiger partial charge in [0.1, 0.15) is 6.61 Å². The first-order valence-corrected chi connectivity index (χ1v) is 5.81. The SMILES string of the molecule is OCC[n+]1cccc2ccc3ccccc3c21.[Br-]. The van der Waals surface area contributed by atoms with E-state index in [1.165, 1.54) is 21.7 Å². The molecule has 0 aliphatic carbocycles. The molecule has 2 aromatic carbocycles. The molecule has 0 atom stereocenters. The third-order valence-corrected chi connectivity index (χ3v) is 3.10. The van der Waals surface area contributed by atoms with Crippen molar-refractivity contribution in [3.63, 3.8) is 0 Å². The smallest absolute Gasteiger partial charge is 0.220 e. The van der Waals surface area contributed by atoms with E-state index in [-0.39, 0.29) is 23.6 Å². The zero-order chi connectivity index (χ0) is 11.7. The second-order valence-corrected chi connectivity index (χ2v) is 4.15. The molecule has 0 amide bonds. The summed E-state index contributed by atoms with van der Waals surface area (Å²) in [4.78, 5) is 0. The van der Waals surface area contributed by atoms with Gasteiger partial charge in [0.25, 0.3) is 0 Å². The zero-order valence-electron chi connectivity index (χ0n) is 9.88. The molecule has 0 aliphatic heterocycles. The number of fused-ring (bicyclic) bond motifs is 3. The molecule has 1 N–H and O–H groups in total. The van der Waals surface area contributed by atoms with Crippen molar-refractivity contribution in [2.45, 2.75) is 6.54 Å². The molecule has 0 spiro atoms. The van der Waals surface area contributed by atoms with E-state index >= 15 is 0 Å². The molecule has 0 unspecified atom stereocenters. The van der Waals surface area contributed by atoms with Crippen molar-refractivity contribution < 1.29 is 26.7 Å². The van der Waals surface area contributed by atoms with Gasteiger partial charge >= 0.3 is 0 Å². The molecule has 0 radical (unpaired) electrons. The van der Waals surface area contributed by atoms with E-state index in [1.807, 2.05) is 18.3 Å². The molecule has 2 nitrogen and oxygen atoms in total. The van der Waals surface area contributed by atoms with Crippen LogP contribution in [0, 0.1) is 0 Å². The number of aliphatic hydroxyl groups excluding tert-OH is 1. The first kappa shape index (κ1) is 13.0. The highest BCUT2D eigenvalue weighted by molar-refractivity contribution is 6.03. The third kappa shape index (κ3) is 2.11. The second kappa shape index (κ2) is 5.46. The highest BCUT2D eigenvalue weighted by atomic mass is 79.9. The van der Waals surface area contributed by atoms with Gasteiger partial charge < -0.3 is 22.1 Å². The fourth-order valence-corrected chi connectivity index (χ4v) is 2.35. The zero-order valence-corrected chi connectivity index (χ0v) is 11.5. The Morgan fingerprint density at radius 2 is 1.61 bits per heavy atom. The van der Waals surface area contributed by atoms with E-state index in [9.17, 15) is 0 Å². The monoisotopic (exact) mass is 303 g/mol. The topological polar surface area (TPSA) is 24.1 Å². The molecule has 92 valence electrons. The first-order valence-electron chi connectivity index (χ1n) is 5.81. The Hall–Kier alpha value is -1.45. The summed E-state index contributed by atoms with van der Waals surface area (Å²) in [5, 5.41) is 12.8. The van der Waals surface area contributed by atoms with Crippen molar-refractivity contribution in [2.24, 2.45) is 0 Å². The summed E-state index contributed by atoms with van der Waals surface area (Å²) in [5.41, 5.74) is 1.19. The number of benzene rings is 2. The predicted octanol–water partition coefficient (Wildman–Crippen LogP) is -0.723. The molecule has 3 rings (SSSR count). The molecule has 3 aromatic rings. The van der Waals surface area contributed by atoms with Gasteiger partial charge in [-0.1, -0.05) is 24.3 Å². The summed E-state index contributed by atoms with van der Waals surface area (Å²) >= 11 is 0. The maximum Gasteiger partial charge on any atom is 0.220 e. The molecule has 0 fully saturated rings. The van der Waals surface area contributed by atoms with E-state index in [0.29, 0.717) is 6.54 Å². The van der Waals surface area contributed by atoms with Crippen molar-refractivity contribution in [1.82, 2.24) is 0 Å². The summed E-state index contributed by atoms with van der Waals surface area (Å²) in [7, 11) is 0. The van der Waals surface area contributed by atoms with Gasteiger partial charge in [-0.3, -0.25) is 0 Å². The number of halogens is 1. The van der Waals surface area contributed by atoms with Crippen LogP contribution in [-0.4, -0.2) is 11.7 Å². The normalized spacial score (nSPS) is 10.5. The molecule has 0 bridgehead atoms. The average molecular weight is 304 g/mol. The lowest BCUT2D eigenvalue weighted by atomic mass is 10.1. The van der Waals surface area contributed by atoms with E-state index in [4.69, 9.17) is 5.11 Å². The summed E-state index contributed by atoms with van der Waals surface area (Å²) < 4.78 is 2.11. The van der Waals surface area contributed by atoms with Crippen LogP contribution in [0.1, 0.15) is 0 Å². The maximum absolute atomic E-state index is 9.13. The van der Waals surface area contributed by atoms with Crippen LogP contribution >= 0.6 is 0 Å². The van der Waals surface area contributed by atoms with Crippen LogP contribution in [0.3, 0.4) is 0 Å². The van der Waals surface area contributed by atoms with Crippen molar-refractivity contribution in [2.75, 3.05) is 6.61 Å². The number of hydrogen-bond acceptors (Lipinski definition) is 1. The van der Waals surface area contributed by atoms with Crippen LogP contribution in [0.4, 0.5) is 0 Å². The van der Waals surface area contributed by atoms with Gasteiger partial charge in [0.05, 0.1) is 5.39 Å². The fraction of sp³-hybridized carbons (Fsp3) is 0.133. The Morgan fingerprint density at radius 3 is 2.44 bits per heavy atom. The molecule has 0 saturated carbocycles. The summed E-state index contributed by atoms with van der Waals surface area (Å²) in [6.07, 6.45) is 2.02. The minimum absolute atomic E-state index is 0. The Bertz CT molecular complexity index is 681. The Labute approximate surface area is 116 Å². The van der Waals surface area contributed by atoms with E-state index in [2.05, 4.69) is 41.0 Å². The van der Waals surface area contributed by atoms with E-state index < -0.39 is 0 Å². The number of nitrogens with zero attached hydrogens (tertiary/aromatic N) is 1. The molecule has 0 saturated heterocycles. The lowest BCUT2D eigenvalue weighted by molar-refractivity contribution is -0.672. The van der Waals surface area contributed by atoms with E-state index in [1.54, 1.807) is 0 Å². The molecule has 1 heterocycles. The maximum atomic E-state index is 9.13. The number of aliphatic hydroxyl groups is 1. The Morgan fingerprint density at radius 1 is 0.889 bits per heavy atom. The largest absolute Gasteiger partial charge is 1.00 e. The first-order chi connectivity index (χ1) is 8.40.